The Morgan fingerprint density at radius 2 is 1.90 bits per heavy atom. The molecule has 104 valence electrons. The first-order valence-electron chi connectivity index (χ1n) is 6.68. The van der Waals surface area contributed by atoms with Gasteiger partial charge in [-0.15, -0.1) is 0 Å². The zero-order valence-corrected chi connectivity index (χ0v) is 11.8. The molecule has 0 bridgehead atoms. The summed E-state index contributed by atoms with van der Waals surface area (Å²) in [6.07, 6.45) is 1.78. The summed E-state index contributed by atoms with van der Waals surface area (Å²) in [4.78, 5) is 8.93. The predicted molar refractivity (Wildman–Crippen MR) is 82.3 cm³/mol. The van der Waals surface area contributed by atoms with Crippen LogP contribution in [0.3, 0.4) is 0 Å². The minimum absolute atomic E-state index is 0.444. The molecule has 4 rings (SSSR count). The molecular weight excluding hydrogens is 264 g/mol. The number of nitrogen functional groups attached to an aromatic ring is 1. The first-order chi connectivity index (χ1) is 10.2. The standard InChI is InChI=1S/C15H14N6/c1-9-12-14(20(2)19-9)21(15(16)18-12)11-7-3-5-10-6-4-8-17-13(10)11/h3-8H,1-2H3,(H2,16,18). The summed E-state index contributed by atoms with van der Waals surface area (Å²) in [7, 11) is 1.89. The van der Waals surface area contributed by atoms with E-state index in [-0.39, 0.29) is 0 Å². The molecule has 2 N–H and O–H groups in total. The summed E-state index contributed by atoms with van der Waals surface area (Å²) < 4.78 is 3.71. The number of pyridine rings is 1. The molecule has 0 atom stereocenters. The molecule has 4 aromatic rings. The topological polar surface area (TPSA) is 74.6 Å². The van der Waals surface area contributed by atoms with Crippen molar-refractivity contribution in [1.82, 2.24) is 24.3 Å². The number of aromatic nitrogens is 5. The number of hydrogen-bond acceptors (Lipinski definition) is 4. The first-order valence-corrected chi connectivity index (χ1v) is 6.68. The van der Waals surface area contributed by atoms with E-state index in [4.69, 9.17) is 5.73 Å². The number of rotatable bonds is 1. The van der Waals surface area contributed by atoms with Crippen molar-refractivity contribution < 1.29 is 0 Å². The summed E-state index contributed by atoms with van der Waals surface area (Å²) in [6, 6.07) is 9.98. The summed E-state index contributed by atoms with van der Waals surface area (Å²) in [6.45, 7) is 1.93. The van der Waals surface area contributed by atoms with E-state index in [1.807, 2.05) is 48.9 Å². The van der Waals surface area contributed by atoms with Crippen LogP contribution in [0.25, 0.3) is 27.8 Å². The highest BCUT2D eigenvalue weighted by Crippen LogP contribution is 2.28. The molecule has 0 saturated carbocycles. The van der Waals surface area contributed by atoms with Gasteiger partial charge < -0.3 is 5.73 Å². The number of benzene rings is 1. The Balaban J connectivity index is 2.16. The third-order valence-electron chi connectivity index (χ3n) is 3.68. The highest BCUT2D eigenvalue weighted by atomic mass is 15.3. The molecule has 0 spiro atoms. The molecule has 3 heterocycles. The van der Waals surface area contributed by atoms with E-state index in [9.17, 15) is 0 Å². The number of para-hydroxylation sites is 1. The van der Waals surface area contributed by atoms with Crippen LogP contribution in [-0.2, 0) is 7.05 Å². The highest BCUT2D eigenvalue weighted by Gasteiger charge is 2.18. The van der Waals surface area contributed by atoms with Crippen LogP contribution in [0.15, 0.2) is 36.5 Å². The Kier molecular flexibility index (Phi) is 2.29. The maximum Gasteiger partial charge on any atom is 0.207 e. The van der Waals surface area contributed by atoms with Crippen molar-refractivity contribution in [3.8, 4) is 5.69 Å². The normalized spacial score (nSPS) is 11.5. The van der Waals surface area contributed by atoms with E-state index < -0.39 is 0 Å². The Hall–Kier alpha value is -2.89. The van der Waals surface area contributed by atoms with Crippen molar-refractivity contribution in [3.05, 3.63) is 42.2 Å². The summed E-state index contributed by atoms with van der Waals surface area (Å²) >= 11 is 0. The Morgan fingerprint density at radius 1 is 1.10 bits per heavy atom. The smallest absolute Gasteiger partial charge is 0.207 e. The van der Waals surface area contributed by atoms with Gasteiger partial charge in [0, 0.05) is 18.6 Å². The van der Waals surface area contributed by atoms with E-state index in [0.717, 1.165) is 33.4 Å². The zero-order valence-electron chi connectivity index (χ0n) is 11.8. The summed E-state index contributed by atoms with van der Waals surface area (Å²) in [5, 5.41) is 5.48. The van der Waals surface area contributed by atoms with Gasteiger partial charge >= 0.3 is 0 Å². The zero-order chi connectivity index (χ0) is 14.6. The molecule has 0 aliphatic heterocycles. The number of hydrogen-bond donors (Lipinski definition) is 1. The van der Waals surface area contributed by atoms with Crippen LogP contribution in [0.4, 0.5) is 5.95 Å². The van der Waals surface area contributed by atoms with Crippen molar-refractivity contribution in [2.45, 2.75) is 6.92 Å². The van der Waals surface area contributed by atoms with Gasteiger partial charge in [0.05, 0.1) is 16.9 Å². The second kappa shape index (κ2) is 4.05. The van der Waals surface area contributed by atoms with Crippen LogP contribution in [0, 0.1) is 6.92 Å². The van der Waals surface area contributed by atoms with Gasteiger partial charge in [-0.1, -0.05) is 18.2 Å². The first kappa shape index (κ1) is 11.9. The van der Waals surface area contributed by atoms with E-state index in [1.165, 1.54) is 0 Å². The molecule has 0 amide bonds. The Bertz CT molecular complexity index is 973. The lowest BCUT2D eigenvalue weighted by molar-refractivity contribution is 0.763. The van der Waals surface area contributed by atoms with Crippen molar-refractivity contribution >= 4 is 28.0 Å². The maximum atomic E-state index is 6.14. The van der Waals surface area contributed by atoms with E-state index in [2.05, 4.69) is 15.1 Å². The van der Waals surface area contributed by atoms with Crippen molar-refractivity contribution in [3.63, 3.8) is 0 Å². The third kappa shape index (κ3) is 1.56. The van der Waals surface area contributed by atoms with Crippen molar-refractivity contribution in [2.24, 2.45) is 7.05 Å². The Labute approximate surface area is 120 Å². The average molecular weight is 278 g/mol. The molecule has 3 aromatic heterocycles. The number of aryl methyl sites for hydroxylation is 2. The molecule has 0 radical (unpaired) electrons. The minimum Gasteiger partial charge on any atom is -0.369 e. The molecule has 6 nitrogen and oxygen atoms in total. The van der Waals surface area contributed by atoms with Gasteiger partial charge in [0.25, 0.3) is 0 Å². The molecule has 0 fully saturated rings. The lowest BCUT2D eigenvalue weighted by Crippen LogP contribution is -2.05. The van der Waals surface area contributed by atoms with Gasteiger partial charge in [0.2, 0.25) is 5.95 Å². The highest BCUT2D eigenvalue weighted by molar-refractivity contribution is 5.90. The van der Waals surface area contributed by atoms with Crippen molar-refractivity contribution in [2.75, 3.05) is 5.73 Å². The average Bonchev–Trinajstić information content (AvgIpc) is 2.96. The second-order valence-electron chi connectivity index (χ2n) is 5.04. The monoisotopic (exact) mass is 278 g/mol. The number of nitrogens with two attached hydrogens (primary N) is 1. The number of fused-ring (bicyclic) bond motifs is 2. The molecule has 1 aromatic carbocycles. The number of imidazole rings is 1. The van der Waals surface area contributed by atoms with Crippen molar-refractivity contribution in [1.29, 1.82) is 0 Å². The number of nitrogens with zero attached hydrogens (tertiary/aromatic N) is 5. The van der Waals surface area contributed by atoms with Gasteiger partial charge in [-0.05, 0) is 19.1 Å². The summed E-state index contributed by atoms with van der Waals surface area (Å²) in [5.74, 6) is 0.444. The fourth-order valence-electron chi connectivity index (χ4n) is 2.80. The van der Waals surface area contributed by atoms with Crippen LogP contribution in [-0.4, -0.2) is 24.3 Å². The van der Waals surface area contributed by atoms with E-state index in [1.54, 1.807) is 10.9 Å². The van der Waals surface area contributed by atoms with Crippen LogP contribution >= 0.6 is 0 Å². The summed E-state index contributed by atoms with van der Waals surface area (Å²) in [5.41, 5.74) is 10.5. The quantitative estimate of drug-likeness (QED) is 0.579. The lowest BCUT2D eigenvalue weighted by Gasteiger charge is -2.09. The molecule has 0 saturated heterocycles. The molecule has 21 heavy (non-hydrogen) atoms. The minimum atomic E-state index is 0.444. The van der Waals surface area contributed by atoms with E-state index in [0.29, 0.717) is 5.95 Å². The van der Waals surface area contributed by atoms with Crippen LogP contribution in [0.5, 0.6) is 0 Å². The molecule has 6 heteroatoms. The lowest BCUT2D eigenvalue weighted by atomic mass is 10.2. The maximum absolute atomic E-state index is 6.14. The molecule has 0 aliphatic carbocycles. The molecular formula is C15H14N6. The van der Waals surface area contributed by atoms with Gasteiger partial charge in [-0.3, -0.25) is 9.55 Å². The Morgan fingerprint density at radius 3 is 2.76 bits per heavy atom. The third-order valence-corrected chi connectivity index (χ3v) is 3.68. The predicted octanol–water partition coefficient (Wildman–Crippen LogP) is 2.20. The van der Waals surface area contributed by atoms with Gasteiger partial charge in [-0.2, -0.15) is 5.10 Å². The second-order valence-corrected chi connectivity index (χ2v) is 5.04. The van der Waals surface area contributed by atoms with Crippen LogP contribution in [0.2, 0.25) is 0 Å². The fourth-order valence-corrected chi connectivity index (χ4v) is 2.80. The van der Waals surface area contributed by atoms with Crippen LogP contribution in [0.1, 0.15) is 5.69 Å². The largest absolute Gasteiger partial charge is 0.369 e. The SMILES string of the molecule is Cc1nn(C)c2c1nc(N)n2-c1cccc2cccnc12. The number of anilines is 1. The van der Waals surface area contributed by atoms with Crippen LogP contribution < -0.4 is 5.73 Å². The van der Waals surface area contributed by atoms with Gasteiger partial charge in [0.15, 0.2) is 5.65 Å². The van der Waals surface area contributed by atoms with Gasteiger partial charge in [-0.25, -0.2) is 9.67 Å². The van der Waals surface area contributed by atoms with E-state index >= 15 is 0 Å². The van der Waals surface area contributed by atoms with Gasteiger partial charge in [0.1, 0.15) is 5.52 Å². The fraction of sp³-hybridized carbons (Fsp3) is 0.133. The molecule has 0 aliphatic rings. The molecule has 0 unspecified atom stereocenters.